The number of amides is 2. The second-order valence-electron chi connectivity index (χ2n) is 3.56. The van der Waals surface area contributed by atoms with Crippen molar-refractivity contribution in [3.63, 3.8) is 0 Å². The molecular formula is C10H16Cl2N2O4. The maximum absolute atomic E-state index is 11.5. The molecule has 0 heterocycles. The lowest BCUT2D eigenvalue weighted by molar-refractivity contribution is -0.156. The summed E-state index contributed by atoms with van der Waals surface area (Å²) in [5.74, 6) is -3.72. The number of nitrogens with two attached hydrogens (primary N) is 1. The highest BCUT2D eigenvalue weighted by Crippen LogP contribution is 2.12. The van der Waals surface area contributed by atoms with Gasteiger partial charge in [-0.3, -0.25) is 14.5 Å². The van der Waals surface area contributed by atoms with Gasteiger partial charge in [0.05, 0.1) is 0 Å². The molecule has 104 valence electrons. The molecule has 6 nitrogen and oxygen atoms in total. The SMILES string of the molecule is NCCCC[C@@H](C(=O)O)N(C(=O)CCl)C(=O)CCl. The summed E-state index contributed by atoms with van der Waals surface area (Å²) in [6, 6.07) is -1.24. The first kappa shape index (κ1) is 17.2. The number of unbranched alkanes of at least 4 members (excludes halogenated alkanes) is 1. The Morgan fingerprint density at radius 1 is 1.11 bits per heavy atom. The van der Waals surface area contributed by atoms with E-state index in [1.165, 1.54) is 0 Å². The van der Waals surface area contributed by atoms with Gasteiger partial charge in [0.1, 0.15) is 17.8 Å². The Balaban J connectivity index is 4.91. The zero-order valence-corrected chi connectivity index (χ0v) is 11.3. The second kappa shape index (κ2) is 9.13. The zero-order chi connectivity index (χ0) is 14.1. The highest BCUT2D eigenvalue weighted by molar-refractivity contribution is 6.32. The van der Waals surface area contributed by atoms with Crippen LogP contribution in [0.5, 0.6) is 0 Å². The molecule has 0 aliphatic carbocycles. The molecule has 0 aliphatic rings. The first-order valence-corrected chi connectivity index (χ1v) is 6.46. The number of imide groups is 1. The third kappa shape index (κ3) is 5.20. The number of carboxylic acid groups (broad SMARTS) is 1. The van der Waals surface area contributed by atoms with Crippen molar-refractivity contribution in [3.05, 3.63) is 0 Å². The van der Waals surface area contributed by atoms with Gasteiger partial charge in [-0.2, -0.15) is 0 Å². The van der Waals surface area contributed by atoms with Gasteiger partial charge in [-0.25, -0.2) is 4.79 Å². The Morgan fingerprint density at radius 3 is 1.94 bits per heavy atom. The van der Waals surface area contributed by atoms with Gasteiger partial charge >= 0.3 is 5.97 Å². The van der Waals surface area contributed by atoms with Crippen LogP contribution < -0.4 is 5.73 Å². The number of carboxylic acids is 1. The molecule has 0 bridgehead atoms. The van der Waals surface area contributed by atoms with Crippen molar-refractivity contribution < 1.29 is 19.5 Å². The van der Waals surface area contributed by atoms with Crippen LogP contribution in [0.1, 0.15) is 19.3 Å². The zero-order valence-electron chi connectivity index (χ0n) is 9.77. The Labute approximate surface area is 115 Å². The number of carbonyl (C=O) groups is 3. The number of carbonyl (C=O) groups excluding carboxylic acids is 2. The standard InChI is InChI=1S/C10H16Cl2N2O4/c11-5-8(15)14(9(16)6-12)7(10(17)18)3-1-2-4-13/h7H,1-6,13H2,(H,17,18)/t7-/m0/s1. The fraction of sp³-hybridized carbons (Fsp3) is 0.700. The summed E-state index contributed by atoms with van der Waals surface area (Å²) in [5.41, 5.74) is 5.30. The maximum atomic E-state index is 11.5. The van der Waals surface area contributed by atoms with E-state index in [2.05, 4.69) is 0 Å². The molecule has 0 rings (SSSR count). The quantitative estimate of drug-likeness (QED) is 0.499. The molecule has 8 heteroatoms. The van der Waals surface area contributed by atoms with Crippen LogP contribution in [0.4, 0.5) is 0 Å². The number of hydrogen-bond acceptors (Lipinski definition) is 4. The molecule has 0 aromatic carbocycles. The molecule has 0 radical (unpaired) electrons. The smallest absolute Gasteiger partial charge is 0.326 e. The van der Waals surface area contributed by atoms with Gasteiger partial charge in [-0.15, -0.1) is 23.2 Å². The van der Waals surface area contributed by atoms with Crippen LogP contribution in [0.3, 0.4) is 0 Å². The van der Waals surface area contributed by atoms with E-state index < -0.39 is 35.6 Å². The van der Waals surface area contributed by atoms with Crippen LogP contribution in [0.25, 0.3) is 0 Å². The Hall–Kier alpha value is -0.850. The van der Waals surface area contributed by atoms with Crippen molar-refractivity contribution in [1.29, 1.82) is 0 Å². The van der Waals surface area contributed by atoms with Crippen molar-refractivity contribution in [3.8, 4) is 0 Å². The molecule has 0 aromatic rings. The molecule has 18 heavy (non-hydrogen) atoms. The maximum Gasteiger partial charge on any atom is 0.326 e. The monoisotopic (exact) mass is 298 g/mol. The van der Waals surface area contributed by atoms with Crippen LogP contribution in [-0.2, 0) is 14.4 Å². The molecule has 2 amide bonds. The van der Waals surface area contributed by atoms with E-state index in [0.29, 0.717) is 24.3 Å². The summed E-state index contributed by atoms with van der Waals surface area (Å²) in [6.07, 6.45) is 1.24. The number of aliphatic carboxylic acids is 1. The van der Waals surface area contributed by atoms with Gasteiger partial charge in [0.2, 0.25) is 11.8 Å². The molecule has 0 spiro atoms. The van der Waals surface area contributed by atoms with Gasteiger partial charge in [0.15, 0.2) is 0 Å². The van der Waals surface area contributed by atoms with E-state index >= 15 is 0 Å². The van der Waals surface area contributed by atoms with Crippen LogP contribution in [0.2, 0.25) is 0 Å². The van der Waals surface area contributed by atoms with Crippen LogP contribution in [0, 0.1) is 0 Å². The van der Waals surface area contributed by atoms with Gasteiger partial charge in [-0.1, -0.05) is 0 Å². The van der Waals surface area contributed by atoms with E-state index in [0.717, 1.165) is 0 Å². The van der Waals surface area contributed by atoms with Gasteiger partial charge in [-0.05, 0) is 25.8 Å². The summed E-state index contributed by atoms with van der Waals surface area (Å²) in [5, 5.41) is 9.07. The summed E-state index contributed by atoms with van der Waals surface area (Å²) in [4.78, 5) is 34.8. The minimum absolute atomic E-state index is 0.137. The molecular weight excluding hydrogens is 283 g/mol. The van der Waals surface area contributed by atoms with E-state index in [9.17, 15) is 14.4 Å². The number of hydrogen-bond donors (Lipinski definition) is 2. The summed E-state index contributed by atoms with van der Waals surface area (Å²) in [7, 11) is 0. The molecule has 0 unspecified atom stereocenters. The molecule has 0 fully saturated rings. The molecule has 0 aromatic heterocycles. The number of halogens is 2. The van der Waals surface area contributed by atoms with Gasteiger partial charge in [0.25, 0.3) is 0 Å². The van der Waals surface area contributed by atoms with Crippen LogP contribution in [-0.4, -0.2) is 52.1 Å². The van der Waals surface area contributed by atoms with Crippen LogP contribution >= 0.6 is 23.2 Å². The Bertz CT molecular complexity index is 296. The van der Waals surface area contributed by atoms with E-state index in [1.807, 2.05) is 0 Å². The fourth-order valence-electron chi connectivity index (χ4n) is 1.46. The highest BCUT2D eigenvalue weighted by atomic mass is 35.5. The first-order valence-electron chi connectivity index (χ1n) is 5.39. The Kier molecular flexibility index (Phi) is 8.70. The normalized spacial score (nSPS) is 11.9. The average molecular weight is 299 g/mol. The van der Waals surface area contributed by atoms with Gasteiger partial charge in [0, 0.05) is 0 Å². The highest BCUT2D eigenvalue weighted by Gasteiger charge is 2.33. The largest absolute Gasteiger partial charge is 0.480 e. The summed E-state index contributed by atoms with van der Waals surface area (Å²) < 4.78 is 0. The van der Waals surface area contributed by atoms with E-state index in [4.69, 9.17) is 34.0 Å². The topological polar surface area (TPSA) is 101 Å². The minimum atomic E-state index is -1.26. The van der Waals surface area contributed by atoms with Crippen LogP contribution in [0.15, 0.2) is 0 Å². The van der Waals surface area contributed by atoms with Gasteiger partial charge < -0.3 is 10.8 Å². The van der Waals surface area contributed by atoms with Crippen molar-refractivity contribution in [2.45, 2.75) is 25.3 Å². The molecule has 0 saturated carbocycles. The lowest BCUT2D eigenvalue weighted by Crippen LogP contribution is -2.49. The lowest BCUT2D eigenvalue weighted by atomic mass is 10.1. The third-order valence-electron chi connectivity index (χ3n) is 2.29. The molecule has 0 saturated heterocycles. The lowest BCUT2D eigenvalue weighted by Gasteiger charge is -2.26. The molecule has 3 N–H and O–H groups in total. The number of alkyl halides is 2. The summed E-state index contributed by atoms with van der Waals surface area (Å²) in [6.45, 7) is 0.416. The van der Waals surface area contributed by atoms with Crippen molar-refractivity contribution in [2.75, 3.05) is 18.3 Å². The first-order chi connectivity index (χ1) is 8.49. The van der Waals surface area contributed by atoms with Crippen molar-refractivity contribution in [2.24, 2.45) is 5.73 Å². The predicted molar refractivity (Wildman–Crippen MR) is 67.6 cm³/mol. The fourth-order valence-corrected chi connectivity index (χ4v) is 1.72. The molecule has 1 atom stereocenters. The predicted octanol–water partition coefficient (Wildman–Crippen LogP) is 0.401. The second-order valence-corrected chi connectivity index (χ2v) is 4.10. The van der Waals surface area contributed by atoms with Crippen molar-refractivity contribution >= 4 is 41.0 Å². The Morgan fingerprint density at radius 2 is 1.61 bits per heavy atom. The van der Waals surface area contributed by atoms with E-state index in [1.54, 1.807) is 0 Å². The number of rotatable bonds is 8. The van der Waals surface area contributed by atoms with E-state index in [-0.39, 0.29) is 6.42 Å². The third-order valence-corrected chi connectivity index (χ3v) is 2.75. The van der Waals surface area contributed by atoms with Crippen molar-refractivity contribution in [1.82, 2.24) is 4.90 Å². The number of nitrogens with zero attached hydrogens (tertiary/aromatic N) is 1. The molecule has 0 aliphatic heterocycles. The average Bonchev–Trinajstić information content (AvgIpc) is 2.36. The minimum Gasteiger partial charge on any atom is -0.480 e. The summed E-state index contributed by atoms with van der Waals surface area (Å²) >= 11 is 10.7.